The fraction of sp³-hybridized carbons (Fsp3) is 0.286. The number of aliphatic hydroxyl groups excluding tert-OH is 4. The number of phenols is 4. The van der Waals surface area contributed by atoms with Gasteiger partial charge in [0.1, 0.15) is 41.3 Å². The summed E-state index contributed by atoms with van der Waals surface area (Å²) in [5.41, 5.74) is 0.260. The molecule has 4 rings (SSSR count). The summed E-state index contributed by atoms with van der Waals surface area (Å²) >= 11 is 0. The Labute approximate surface area is 192 Å². The van der Waals surface area contributed by atoms with Gasteiger partial charge in [0.05, 0.1) is 18.2 Å². The average molecular weight is 485 g/mol. The highest BCUT2D eigenvalue weighted by molar-refractivity contribution is 5.88. The maximum Gasteiger partial charge on any atom is 0.402 e. The van der Waals surface area contributed by atoms with Crippen molar-refractivity contribution in [2.24, 2.45) is 0 Å². The number of halogens is 1. The molecule has 3 aromatic rings. The Balaban J connectivity index is 0.00000306. The fourth-order valence-corrected chi connectivity index (χ4v) is 3.43. The Kier molecular flexibility index (Phi) is 7.03. The number of ether oxygens (including phenoxy) is 2. The van der Waals surface area contributed by atoms with Crippen molar-refractivity contribution in [3.05, 3.63) is 36.4 Å². The Morgan fingerprint density at radius 3 is 2.24 bits per heavy atom. The van der Waals surface area contributed by atoms with Gasteiger partial charge in [-0.3, -0.25) is 0 Å². The molecule has 33 heavy (non-hydrogen) atoms. The first-order chi connectivity index (χ1) is 15.2. The summed E-state index contributed by atoms with van der Waals surface area (Å²) in [5, 5.41) is 79.2. The molecular weight excluding hydrogens is 464 g/mol. The molecule has 0 amide bonds. The van der Waals surface area contributed by atoms with Crippen LogP contribution in [-0.4, -0.2) is 78.2 Å². The molecule has 0 saturated carbocycles. The van der Waals surface area contributed by atoms with Gasteiger partial charge in [-0.2, -0.15) is 0 Å². The molecule has 0 aliphatic carbocycles. The molecule has 0 unspecified atom stereocenters. The number of phenolic OH excluding ortho intramolecular Hbond substituents is 4. The molecule has 1 aliphatic heterocycles. The highest BCUT2D eigenvalue weighted by Gasteiger charge is 2.45. The minimum atomic E-state index is -1.71. The lowest BCUT2D eigenvalue weighted by atomic mass is 9.99. The van der Waals surface area contributed by atoms with E-state index in [0.29, 0.717) is 0 Å². The summed E-state index contributed by atoms with van der Waals surface area (Å²) < 4.78 is 16.8. The molecule has 178 valence electrons. The summed E-state index contributed by atoms with van der Waals surface area (Å²) in [5.74, 6) is -1.64. The van der Waals surface area contributed by atoms with E-state index in [1.807, 2.05) is 0 Å². The van der Waals surface area contributed by atoms with Crippen molar-refractivity contribution in [3.8, 4) is 40.1 Å². The maximum atomic E-state index is 10.3. The SMILES string of the molecule is OC[C@H]1O[C@@H](Oc2cc3c(O)cc(O)cc3[o+]c2-c2ccc(O)c(O)c2)[C@H](O)[C@H](O)[C@H]1O.[Cl-]. The largest absolute Gasteiger partial charge is 1.00 e. The second kappa shape index (κ2) is 9.43. The normalized spacial score (nSPS) is 24.9. The van der Waals surface area contributed by atoms with Crippen molar-refractivity contribution in [2.45, 2.75) is 30.7 Å². The van der Waals surface area contributed by atoms with Gasteiger partial charge in [-0.15, -0.1) is 0 Å². The predicted molar refractivity (Wildman–Crippen MR) is 107 cm³/mol. The zero-order valence-corrected chi connectivity index (χ0v) is 17.5. The molecular formula is C21H21ClO11. The van der Waals surface area contributed by atoms with Crippen molar-refractivity contribution < 1.29 is 67.2 Å². The quantitative estimate of drug-likeness (QED) is 0.143. The van der Waals surface area contributed by atoms with Gasteiger partial charge in [0.25, 0.3) is 0 Å². The van der Waals surface area contributed by atoms with Crippen LogP contribution in [0.15, 0.2) is 40.8 Å². The molecule has 0 spiro atoms. The number of fused-ring (bicyclic) bond motifs is 1. The van der Waals surface area contributed by atoms with E-state index >= 15 is 0 Å². The standard InChI is InChI=1S/C21H20O11.ClH/c22-7-16-17(27)18(28)19(29)21(32-16)31-15-6-10-12(25)4-9(23)5-14(10)30-20(15)8-1-2-11(24)13(26)3-8;/h1-6,16-19,21-22,27-29H,7H2,(H3-,23,24,25,26);1H/t16-,17+,18-,19-,21-;/m1./s1. The number of aromatic hydroxyl groups is 4. The van der Waals surface area contributed by atoms with Crippen LogP contribution in [0.4, 0.5) is 0 Å². The third-order valence-corrected chi connectivity index (χ3v) is 5.15. The molecule has 2 aromatic carbocycles. The van der Waals surface area contributed by atoms with E-state index in [4.69, 9.17) is 13.9 Å². The second-order valence-electron chi connectivity index (χ2n) is 7.34. The molecule has 5 atom stereocenters. The molecule has 1 fully saturated rings. The van der Waals surface area contributed by atoms with E-state index < -0.39 is 43.1 Å². The number of rotatable bonds is 4. The number of aliphatic hydroxyl groups is 4. The van der Waals surface area contributed by atoms with Gasteiger partial charge in [-0.25, -0.2) is 4.42 Å². The molecule has 0 bridgehead atoms. The molecule has 1 aromatic heterocycles. The summed E-state index contributed by atoms with van der Waals surface area (Å²) in [4.78, 5) is 0. The zero-order valence-electron chi connectivity index (χ0n) is 16.7. The van der Waals surface area contributed by atoms with Gasteiger partial charge >= 0.3 is 11.3 Å². The summed E-state index contributed by atoms with van der Waals surface area (Å²) in [6.45, 7) is -0.661. The molecule has 1 aliphatic rings. The first-order valence-corrected chi connectivity index (χ1v) is 9.52. The van der Waals surface area contributed by atoms with Crippen LogP contribution in [0.2, 0.25) is 0 Å². The van der Waals surface area contributed by atoms with Crippen LogP contribution in [0, 0.1) is 0 Å². The maximum absolute atomic E-state index is 10.3. The van der Waals surface area contributed by atoms with Crippen LogP contribution < -0.4 is 17.1 Å². The van der Waals surface area contributed by atoms with Crippen LogP contribution in [-0.2, 0) is 4.74 Å². The summed E-state index contributed by atoms with van der Waals surface area (Å²) in [6, 6.07) is 7.37. The number of hydrogen-bond acceptors (Lipinski definition) is 10. The number of hydrogen-bond donors (Lipinski definition) is 8. The monoisotopic (exact) mass is 484 g/mol. The Morgan fingerprint density at radius 1 is 0.848 bits per heavy atom. The Hall–Kier alpha value is -3.06. The second-order valence-corrected chi connectivity index (χ2v) is 7.34. The van der Waals surface area contributed by atoms with Crippen molar-refractivity contribution in [1.29, 1.82) is 0 Å². The van der Waals surface area contributed by atoms with Gasteiger partial charge in [0.15, 0.2) is 11.5 Å². The van der Waals surface area contributed by atoms with Crippen LogP contribution in [0.1, 0.15) is 0 Å². The van der Waals surface area contributed by atoms with Crippen molar-refractivity contribution in [3.63, 3.8) is 0 Å². The van der Waals surface area contributed by atoms with Crippen LogP contribution in [0.3, 0.4) is 0 Å². The van der Waals surface area contributed by atoms with Crippen LogP contribution >= 0.6 is 0 Å². The average Bonchev–Trinajstić information content (AvgIpc) is 2.76. The van der Waals surface area contributed by atoms with Gasteiger partial charge < -0.3 is 62.7 Å². The lowest BCUT2D eigenvalue weighted by Gasteiger charge is -2.39. The molecule has 11 nitrogen and oxygen atoms in total. The Bertz CT molecular complexity index is 1150. The first kappa shape index (κ1) is 24.6. The Morgan fingerprint density at radius 2 is 1.58 bits per heavy atom. The van der Waals surface area contributed by atoms with Gasteiger partial charge in [0, 0.05) is 18.2 Å². The first-order valence-electron chi connectivity index (χ1n) is 9.52. The number of benzene rings is 2. The van der Waals surface area contributed by atoms with E-state index in [1.165, 1.54) is 30.3 Å². The van der Waals surface area contributed by atoms with Gasteiger partial charge in [0.2, 0.25) is 12.0 Å². The smallest absolute Gasteiger partial charge is 0.402 e. The molecule has 12 heteroatoms. The lowest BCUT2D eigenvalue weighted by molar-refractivity contribution is -0.277. The fourth-order valence-electron chi connectivity index (χ4n) is 3.43. The molecule has 8 N–H and O–H groups in total. The minimum absolute atomic E-state index is 0. The van der Waals surface area contributed by atoms with Crippen molar-refractivity contribution >= 4 is 11.0 Å². The van der Waals surface area contributed by atoms with E-state index in [2.05, 4.69) is 0 Å². The van der Waals surface area contributed by atoms with E-state index in [-0.39, 0.29) is 57.7 Å². The molecule has 0 radical (unpaired) electrons. The molecule has 2 heterocycles. The van der Waals surface area contributed by atoms with Crippen LogP contribution in [0.5, 0.6) is 28.7 Å². The zero-order chi connectivity index (χ0) is 23.2. The summed E-state index contributed by atoms with van der Waals surface area (Å²) in [7, 11) is 0. The summed E-state index contributed by atoms with van der Waals surface area (Å²) in [6.07, 6.45) is -7.76. The van der Waals surface area contributed by atoms with Gasteiger partial charge in [-0.1, -0.05) is 0 Å². The van der Waals surface area contributed by atoms with E-state index in [0.717, 1.165) is 6.07 Å². The van der Waals surface area contributed by atoms with E-state index in [9.17, 15) is 40.9 Å². The highest BCUT2D eigenvalue weighted by atomic mass is 35.5. The van der Waals surface area contributed by atoms with Gasteiger partial charge in [-0.05, 0) is 12.1 Å². The predicted octanol–water partition coefficient (Wildman–Crippen LogP) is -2.61. The highest BCUT2D eigenvalue weighted by Crippen LogP contribution is 2.42. The van der Waals surface area contributed by atoms with Crippen molar-refractivity contribution in [2.75, 3.05) is 6.61 Å². The minimum Gasteiger partial charge on any atom is -1.00 e. The van der Waals surface area contributed by atoms with Crippen molar-refractivity contribution in [1.82, 2.24) is 0 Å². The third kappa shape index (κ3) is 4.55. The topological polar surface area (TPSA) is 192 Å². The van der Waals surface area contributed by atoms with Crippen LogP contribution in [0.25, 0.3) is 22.3 Å². The molecule has 1 saturated heterocycles. The lowest BCUT2D eigenvalue weighted by Crippen LogP contribution is -3.00. The van der Waals surface area contributed by atoms with E-state index in [1.54, 1.807) is 0 Å². The third-order valence-electron chi connectivity index (χ3n) is 5.15.